The Balaban J connectivity index is 2.11. The molecule has 96 valence electrons. The number of carbonyl (C=O) groups excluding carboxylic acids is 2. The van der Waals surface area contributed by atoms with Crippen LogP contribution in [0.2, 0.25) is 0 Å². The van der Waals surface area contributed by atoms with Crippen LogP contribution in [0.1, 0.15) is 53.3 Å². The van der Waals surface area contributed by atoms with Crippen LogP contribution in [0.15, 0.2) is 18.2 Å². The predicted molar refractivity (Wildman–Crippen MR) is 70.4 cm³/mol. The van der Waals surface area contributed by atoms with E-state index >= 15 is 0 Å². The number of nitrogens with zero attached hydrogens (tertiary/aromatic N) is 1. The number of benzene rings is 1. The van der Waals surface area contributed by atoms with Gasteiger partial charge in [-0.3, -0.25) is 14.5 Å². The molecular formula is C14H18N2O2. The zero-order valence-electron chi connectivity index (χ0n) is 10.6. The third-order valence-electron chi connectivity index (χ3n) is 3.27. The Morgan fingerprint density at radius 2 is 1.89 bits per heavy atom. The van der Waals surface area contributed by atoms with Gasteiger partial charge in [0.15, 0.2) is 0 Å². The van der Waals surface area contributed by atoms with Crippen molar-refractivity contribution in [1.29, 1.82) is 0 Å². The zero-order valence-corrected chi connectivity index (χ0v) is 10.6. The van der Waals surface area contributed by atoms with Crippen molar-refractivity contribution in [2.75, 3.05) is 12.3 Å². The average molecular weight is 246 g/mol. The molecule has 1 aromatic rings. The average Bonchev–Trinajstić information content (AvgIpc) is 2.60. The van der Waals surface area contributed by atoms with Crippen molar-refractivity contribution in [3.05, 3.63) is 29.3 Å². The second-order valence-corrected chi connectivity index (χ2v) is 4.59. The summed E-state index contributed by atoms with van der Waals surface area (Å²) in [4.78, 5) is 25.5. The van der Waals surface area contributed by atoms with Gasteiger partial charge in [-0.05, 0) is 18.6 Å². The van der Waals surface area contributed by atoms with Gasteiger partial charge >= 0.3 is 0 Å². The summed E-state index contributed by atoms with van der Waals surface area (Å²) in [5.74, 6) is -0.455. The van der Waals surface area contributed by atoms with Crippen molar-refractivity contribution >= 4 is 17.5 Å². The maximum absolute atomic E-state index is 12.1. The fourth-order valence-corrected chi connectivity index (χ4v) is 2.26. The van der Waals surface area contributed by atoms with Crippen LogP contribution in [0.25, 0.3) is 0 Å². The Morgan fingerprint density at radius 3 is 2.56 bits per heavy atom. The quantitative estimate of drug-likeness (QED) is 0.493. The second-order valence-electron chi connectivity index (χ2n) is 4.59. The molecule has 1 aliphatic rings. The van der Waals surface area contributed by atoms with Gasteiger partial charge in [0.2, 0.25) is 0 Å². The standard InChI is InChI=1S/C14H18N2O2/c1-2-3-4-5-9-16-13(17)10-7-6-8-11(15)12(10)14(16)18/h6-8H,2-5,9,15H2,1H3. The van der Waals surface area contributed by atoms with Crippen molar-refractivity contribution in [1.82, 2.24) is 4.90 Å². The van der Waals surface area contributed by atoms with Gasteiger partial charge in [0.25, 0.3) is 11.8 Å². The number of anilines is 1. The minimum absolute atomic E-state index is 0.209. The Bertz CT molecular complexity index is 483. The molecule has 0 radical (unpaired) electrons. The fraction of sp³-hybridized carbons (Fsp3) is 0.429. The molecule has 0 fully saturated rings. The summed E-state index contributed by atoms with van der Waals surface area (Å²) in [6.07, 6.45) is 4.17. The summed E-state index contributed by atoms with van der Waals surface area (Å²) in [5.41, 5.74) is 6.97. The van der Waals surface area contributed by atoms with Gasteiger partial charge in [0.1, 0.15) is 0 Å². The molecular weight excluding hydrogens is 228 g/mol. The van der Waals surface area contributed by atoms with Crippen LogP contribution in [0.4, 0.5) is 5.69 Å². The maximum atomic E-state index is 12.1. The largest absolute Gasteiger partial charge is 0.398 e. The smallest absolute Gasteiger partial charge is 0.263 e. The molecule has 0 atom stereocenters. The van der Waals surface area contributed by atoms with Gasteiger partial charge < -0.3 is 5.73 Å². The van der Waals surface area contributed by atoms with Gasteiger partial charge in [0.05, 0.1) is 11.1 Å². The van der Waals surface area contributed by atoms with Gasteiger partial charge in [-0.15, -0.1) is 0 Å². The monoisotopic (exact) mass is 246 g/mol. The molecule has 1 aliphatic heterocycles. The van der Waals surface area contributed by atoms with Crippen molar-refractivity contribution in [2.45, 2.75) is 32.6 Å². The number of nitrogens with two attached hydrogens (primary N) is 1. The fourth-order valence-electron chi connectivity index (χ4n) is 2.26. The molecule has 0 unspecified atom stereocenters. The minimum atomic E-state index is -0.246. The van der Waals surface area contributed by atoms with E-state index < -0.39 is 0 Å². The summed E-state index contributed by atoms with van der Waals surface area (Å²) in [6, 6.07) is 5.03. The van der Waals surface area contributed by atoms with Crippen LogP contribution in [0, 0.1) is 0 Å². The van der Waals surface area contributed by atoms with Gasteiger partial charge in [-0.2, -0.15) is 0 Å². The lowest BCUT2D eigenvalue weighted by molar-refractivity contribution is 0.0652. The molecule has 0 aliphatic carbocycles. The van der Waals surface area contributed by atoms with Crippen molar-refractivity contribution < 1.29 is 9.59 Å². The highest BCUT2D eigenvalue weighted by Gasteiger charge is 2.36. The van der Waals surface area contributed by atoms with Gasteiger partial charge in [-0.25, -0.2) is 0 Å². The number of hydrogen-bond acceptors (Lipinski definition) is 3. The summed E-state index contributed by atoms with van der Waals surface area (Å²) >= 11 is 0. The van der Waals surface area contributed by atoms with E-state index in [4.69, 9.17) is 5.73 Å². The molecule has 2 amide bonds. The minimum Gasteiger partial charge on any atom is -0.398 e. The van der Waals surface area contributed by atoms with E-state index in [9.17, 15) is 9.59 Å². The SMILES string of the molecule is CCCCCCN1C(=O)c2cccc(N)c2C1=O. The highest BCUT2D eigenvalue weighted by atomic mass is 16.2. The molecule has 18 heavy (non-hydrogen) atoms. The summed E-state index contributed by atoms with van der Waals surface area (Å²) in [7, 11) is 0. The normalized spacial score (nSPS) is 14.2. The third kappa shape index (κ3) is 2.10. The Kier molecular flexibility index (Phi) is 3.65. The van der Waals surface area contributed by atoms with Crippen LogP contribution < -0.4 is 5.73 Å². The summed E-state index contributed by atoms with van der Waals surface area (Å²) in [6.45, 7) is 2.62. The van der Waals surface area contributed by atoms with Gasteiger partial charge in [-0.1, -0.05) is 32.3 Å². The molecule has 0 spiro atoms. The molecule has 2 rings (SSSR count). The molecule has 0 aromatic heterocycles. The molecule has 0 bridgehead atoms. The highest BCUT2D eigenvalue weighted by Crippen LogP contribution is 2.27. The summed E-state index contributed by atoms with van der Waals surface area (Å²) in [5, 5.41) is 0. The number of hydrogen-bond donors (Lipinski definition) is 1. The van der Waals surface area contributed by atoms with E-state index in [2.05, 4.69) is 6.92 Å². The first kappa shape index (κ1) is 12.6. The lowest BCUT2D eigenvalue weighted by Crippen LogP contribution is -2.30. The predicted octanol–water partition coefficient (Wildman–Crippen LogP) is 2.45. The molecule has 0 saturated heterocycles. The molecule has 4 heteroatoms. The van der Waals surface area contributed by atoms with E-state index in [-0.39, 0.29) is 11.8 Å². The molecule has 2 N–H and O–H groups in total. The van der Waals surface area contributed by atoms with Crippen LogP contribution in [-0.4, -0.2) is 23.3 Å². The molecule has 1 aromatic carbocycles. The third-order valence-corrected chi connectivity index (χ3v) is 3.27. The zero-order chi connectivity index (χ0) is 13.1. The van der Waals surface area contributed by atoms with Crippen LogP contribution in [0.5, 0.6) is 0 Å². The molecule has 1 heterocycles. The molecule has 4 nitrogen and oxygen atoms in total. The van der Waals surface area contributed by atoms with Crippen molar-refractivity contribution in [2.24, 2.45) is 0 Å². The highest BCUT2D eigenvalue weighted by molar-refractivity contribution is 6.23. The van der Waals surface area contributed by atoms with E-state index in [1.54, 1.807) is 18.2 Å². The lowest BCUT2D eigenvalue weighted by atomic mass is 10.1. The summed E-state index contributed by atoms with van der Waals surface area (Å²) < 4.78 is 0. The Labute approximate surface area is 107 Å². The second kappa shape index (κ2) is 5.21. The van der Waals surface area contributed by atoms with Crippen molar-refractivity contribution in [3.8, 4) is 0 Å². The number of rotatable bonds is 5. The Morgan fingerprint density at radius 1 is 1.11 bits per heavy atom. The topological polar surface area (TPSA) is 63.4 Å². The number of nitrogen functional groups attached to an aromatic ring is 1. The first-order chi connectivity index (χ1) is 8.66. The van der Waals surface area contributed by atoms with Gasteiger partial charge in [0, 0.05) is 12.2 Å². The van der Waals surface area contributed by atoms with E-state index in [0.717, 1.165) is 25.7 Å². The van der Waals surface area contributed by atoms with Crippen LogP contribution in [0.3, 0.4) is 0 Å². The first-order valence-electron chi connectivity index (χ1n) is 6.41. The van der Waals surface area contributed by atoms with Crippen LogP contribution in [-0.2, 0) is 0 Å². The number of imide groups is 1. The van der Waals surface area contributed by atoms with Crippen LogP contribution >= 0.6 is 0 Å². The number of unbranched alkanes of at least 4 members (excludes halogenated alkanes) is 3. The Hall–Kier alpha value is -1.84. The van der Waals surface area contributed by atoms with E-state index in [0.29, 0.717) is 23.4 Å². The molecule has 0 saturated carbocycles. The lowest BCUT2D eigenvalue weighted by Gasteiger charge is -2.13. The maximum Gasteiger partial charge on any atom is 0.263 e. The first-order valence-corrected chi connectivity index (χ1v) is 6.41. The van der Waals surface area contributed by atoms with E-state index in [1.165, 1.54) is 4.90 Å². The number of fused-ring (bicyclic) bond motifs is 1. The number of amides is 2. The van der Waals surface area contributed by atoms with E-state index in [1.807, 2.05) is 0 Å². The van der Waals surface area contributed by atoms with Crippen molar-refractivity contribution in [3.63, 3.8) is 0 Å². The number of carbonyl (C=O) groups is 2.